The van der Waals surface area contributed by atoms with E-state index >= 15 is 0 Å². The number of nitrogens with zero attached hydrogens (tertiary/aromatic N) is 1. The van der Waals surface area contributed by atoms with Gasteiger partial charge in [-0.3, -0.25) is 0 Å². The van der Waals surface area contributed by atoms with Crippen LogP contribution in [0.25, 0.3) is 5.32 Å². The van der Waals surface area contributed by atoms with Crippen molar-refractivity contribution in [3.8, 4) is 0 Å². The summed E-state index contributed by atoms with van der Waals surface area (Å²) in [6.07, 6.45) is 0. The van der Waals surface area contributed by atoms with Crippen LogP contribution in [0, 0.1) is 0 Å². The summed E-state index contributed by atoms with van der Waals surface area (Å²) in [7, 11) is 7.25. The van der Waals surface area contributed by atoms with E-state index in [1.54, 1.807) is 14.1 Å². The summed E-state index contributed by atoms with van der Waals surface area (Å²) in [4.78, 5) is -0.278. The Morgan fingerprint density at radius 3 is 1.09 bits per heavy atom. The largest absolute Gasteiger partial charge is 0 e. The van der Waals surface area contributed by atoms with Crippen LogP contribution >= 0.6 is 59.9 Å². The molecule has 0 rings (SSSR count). The maximum Gasteiger partial charge on any atom is 0 e. The topological polar surface area (TPSA) is 26.1 Å². The summed E-state index contributed by atoms with van der Waals surface area (Å²) in [5, 5.41) is 6.25. The van der Waals surface area contributed by atoms with Gasteiger partial charge in [0.05, 0.1) is 0 Å². The van der Waals surface area contributed by atoms with E-state index in [1.807, 2.05) is 14.1 Å². The molecule has 7 heteroatoms. The van der Waals surface area contributed by atoms with E-state index in [0.29, 0.717) is 0 Å². The van der Waals surface area contributed by atoms with Gasteiger partial charge in [-0.25, -0.2) is 0 Å². The van der Waals surface area contributed by atoms with Gasteiger partial charge in [-0.15, -0.1) is 0 Å². The van der Waals surface area contributed by atoms with Gasteiger partial charge in [0.1, 0.15) is 0 Å². The Balaban J connectivity index is -0.0000000325. The van der Waals surface area contributed by atoms with Gasteiger partial charge in [-0.2, -0.15) is 14.1 Å². The molecule has 0 radical (unpaired) electrons. The molecular formula is C4H13I3N2VW-. The maximum absolute atomic E-state index is 3.50. The molecule has 0 spiro atoms. The van der Waals surface area contributed by atoms with Crippen molar-refractivity contribution in [2.24, 2.45) is 0 Å². The van der Waals surface area contributed by atoms with Crippen molar-refractivity contribution >= 4 is 59.9 Å². The van der Waals surface area contributed by atoms with Crippen molar-refractivity contribution < 1.29 is 26.0 Å². The molecule has 0 heterocycles. The van der Waals surface area contributed by atoms with Crippen LogP contribution in [0.5, 0.6) is 0 Å². The molecule has 0 aliphatic rings. The molecule has 11 heavy (non-hydrogen) atoms. The summed E-state index contributed by atoms with van der Waals surface area (Å²) in [6, 6.07) is 0. The molecule has 0 amide bonds. The molecule has 0 aliphatic carbocycles. The smallest absolute Gasteiger partial charge is 0 e. The van der Waals surface area contributed by atoms with E-state index in [0.717, 1.165) is 0 Å². The molecule has 0 aliphatic heterocycles. The minimum absolute atomic E-state index is 0. The molecule has 0 aromatic carbocycles. The van der Waals surface area contributed by atoms with Crippen LogP contribution in [0.1, 0.15) is 0 Å². The van der Waals surface area contributed by atoms with Gasteiger partial charge in [0.15, 0.2) is 0 Å². The fourth-order valence-electron chi connectivity index (χ4n) is 0. The van der Waals surface area contributed by atoms with Crippen LogP contribution in [0.15, 0.2) is 0 Å². The number of nitrogens with one attached hydrogen (secondary N) is 1. The van der Waals surface area contributed by atoms with Gasteiger partial charge < -0.3 is 10.6 Å². The third kappa shape index (κ3) is 152. The van der Waals surface area contributed by atoms with Gasteiger partial charge >= 0.3 is 64.9 Å². The van der Waals surface area contributed by atoms with Gasteiger partial charge in [-0.05, 0) is 14.1 Å². The minimum atomic E-state index is -0.278. The molecule has 0 atom stereocenters. The predicted octanol–water partition coefficient (Wildman–Crippen LogP) is 3.11. The monoisotopic (exact) mass is 705 g/mol. The van der Waals surface area contributed by atoms with Crippen LogP contribution in [0.4, 0.5) is 0 Å². The first-order valence-electron chi connectivity index (χ1n) is 2.40. The number of rotatable bonds is 0. The van der Waals surface area contributed by atoms with E-state index in [1.165, 1.54) is 0 Å². The van der Waals surface area contributed by atoms with Crippen molar-refractivity contribution in [3.05, 3.63) is 5.32 Å². The third-order valence-electron chi connectivity index (χ3n) is 0. The van der Waals surface area contributed by atoms with E-state index in [-0.39, 0.29) is 26.0 Å². The normalized spacial score (nSPS) is 6.55. The zero-order chi connectivity index (χ0) is 8.99. The second-order valence-corrected chi connectivity index (χ2v) is 36.5. The molecule has 0 unspecified atom stereocenters. The summed E-state index contributed by atoms with van der Waals surface area (Å²) in [6.45, 7) is 0. The van der Waals surface area contributed by atoms with E-state index < -0.39 is 0 Å². The summed E-state index contributed by atoms with van der Waals surface area (Å²) < 4.78 is 0. The van der Waals surface area contributed by atoms with Gasteiger partial charge in [0.25, 0.3) is 0 Å². The predicted molar refractivity (Wildman–Crippen MR) is 72.3 cm³/mol. The average Bonchev–Trinajstić information content (AvgIpc) is 1.65. The Bertz CT molecular complexity index is 39.8. The van der Waals surface area contributed by atoms with Gasteiger partial charge in [-0.1, -0.05) is 0 Å². The third-order valence-corrected chi connectivity index (χ3v) is 0. The Morgan fingerprint density at radius 1 is 1.09 bits per heavy atom. The number of halogens is 3. The van der Waals surface area contributed by atoms with E-state index in [4.69, 9.17) is 0 Å². The molecule has 0 bridgehead atoms. The van der Waals surface area contributed by atoms with E-state index in [2.05, 4.69) is 70.6 Å². The van der Waals surface area contributed by atoms with Crippen LogP contribution in [0.2, 0.25) is 0 Å². The molecule has 1 N–H and O–H groups in total. The second-order valence-electron chi connectivity index (χ2n) is 1.14. The Hall–Kier alpha value is 3.38. The quantitative estimate of drug-likeness (QED) is 0.386. The van der Waals surface area contributed by atoms with Crippen LogP contribution < -0.4 is 5.32 Å². The molecule has 0 saturated heterocycles. The molecule has 0 fully saturated rings. The van der Waals surface area contributed by atoms with Crippen LogP contribution in [0.3, 0.4) is 0 Å². The fourth-order valence-corrected chi connectivity index (χ4v) is 0. The van der Waals surface area contributed by atoms with Crippen molar-refractivity contribution in [1.82, 2.24) is 5.32 Å². The van der Waals surface area contributed by atoms with Crippen molar-refractivity contribution in [1.29, 1.82) is 0 Å². The van der Waals surface area contributed by atoms with Gasteiger partial charge in [0.2, 0.25) is 0 Å². The molecule has 0 saturated carbocycles. The molecule has 2 nitrogen and oxygen atoms in total. The molecule has 0 aromatic heterocycles. The maximum atomic E-state index is 3.50. The Labute approximate surface area is 122 Å². The Morgan fingerprint density at radius 2 is 1.09 bits per heavy atom. The summed E-state index contributed by atoms with van der Waals surface area (Å²) in [5.41, 5.74) is 0. The Kier molecular flexibility index (Phi) is 63.4. The van der Waals surface area contributed by atoms with Crippen molar-refractivity contribution in [3.63, 3.8) is 0 Å². The number of hydrogen-bond donors (Lipinski definition) is 1. The minimum Gasteiger partial charge on any atom is 0 e. The first kappa shape index (κ1) is 23.9. The van der Waals surface area contributed by atoms with E-state index in [9.17, 15) is 0 Å². The molecule has 72 valence electrons. The van der Waals surface area contributed by atoms with Crippen molar-refractivity contribution in [2.45, 2.75) is 0 Å². The van der Waals surface area contributed by atoms with Crippen molar-refractivity contribution in [2.75, 3.05) is 28.2 Å². The summed E-state index contributed by atoms with van der Waals surface area (Å²) >= 11 is 7.39. The van der Waals surface area contributed by atoms with Gasteiger partial charge in [0, 0.05) is 21.1 Å². The zero-order valence-corrected chi connectivity index (χ0v) is 17.7. The SMILES string of the molecule is CNC.C[N-]C.[I][V]([I])[I].[W]. The number of hydrogen-bond acceptors (Lipinski definition) is 1. The van der Waals surface area contributed by atoms with Crippen LogP contribution in [-0.2, 0) is 26.0 Å². The first-order chi connectivity index (χ1) is 4.56. The molecule has 0 aromatic rings. The standard InChI is InChI=1S/C2H7N.C2H6N.3HI.V.W/c2*1-3-2;;;;;/h3H,1-2H3;1-2H3;3*1H;;/q;-1;;;;+3;/p-3. The fraction of sp³-hybridized carbons (Fsp3) is 1.00. The molecular weight excluding hydrogens is 692 g/mol. The van der Waals surface area contributed by atoms with Crippen LogP contribution in [-0.4, -0.2) is 28.2 Å². The second kappa shape index (κ2) is 29.2. The zero-order valence-electron chi connectivity index (χ0n) is 6.94. The first-order valence-corrected chi connectivity index (χ1v) is 15.9. The average molecular weight is 705 g/mol. The summed E-state index contributed by atoms with van der Waals surface area (Å²) in [5.74, 6) is 0.